The third kappa shape index (κ3) is 2.95. The fourth-order valence-electron chi connectivity index (χ4n) is 1.90. The predicted molar refractivity (Wildman–Crippen MR) is 64.3 cm³/mol. The second-order valence-electron chi connectivity index (χ2n) is 4.65. The molecular weight excluding hydrogens is 200 g/mol. The van der Waals surface area contributed by atoms with Gasteiger partial charge in [0.1, 0.15) is 0 Å². The van der Waals surface area contributed by atoms with E-state index in [9.17, 15) is 0 Å². The van der Waals surface area contributed by atoms with E-state index in [0.29, 0.717) is 5.88 Å². The predicted octanol–water partition coefficient (Wildman–Crippen LogP) is 2.67. The Bertz CT molecular complexity index is 334. The van der Waals surface area contributed by atoms with E-state index in [1.165, 1.54) is 19.3 Å². The lowest BCUT2D eigenvalue weighted by atomic mass is 9.83. The van der Waals surface area contributed by atoms with Crippen LogP contribution in [0.25, 0.3) is 0 Å². The summed E-state index contributed by atoms with van der Waals surface area (Å²) in [4.78, 5) is 4.18. The van der Waals surface area contributed by atoms with Crippen molar-refractivity contribution in [2.24, 2.45) is 11.7 Å². The molecule has 1 aromatic rings. The molecule has 2 rings (SSSR count). The van der Waals surface area contributed by atoms with Gasteiger partial charge >= 0.3 is 0 Å². The van der Waals surface area contributed by atoms with E-state index in [-0.39, 0.29) is 6.04 Å². The molecule has 0 saturated heterocycles. The van der Waals surface area contributed by atoms with Crippen molar-refractivity contribution in [2.45, 2.75) is 38.6 Å². The van der Waals surface area contributed by atoms with Crippen molar-refractivity contribution in [1.29, 1.82) is 0 Å². The molecule has 16 heavy (non-hydrogen) atoms. The maximum absolute atomic E-state index is 5.81. The average Bonchev–Trinajstić information content (AvgIpc) is 2.22. The first-order chi connectivity index (χ1) is 7.75. The Morgan fingerprint density at radius 1 is 1.56 bits per heavy atom. The number of hydrogen-bond donors (Lipinski definition) is 1. The van der Waals surface area contributed by atoms with Crippen molar-refractivity contribution >= 4 is 0 Å². The number of nitrogens with two attached hydrogens (primary N) is 1. The second-order valence-corrected chi connectivity index (χ2v) is 4.65. The summed E-state index contributed by atoms with van der Waals surface area (Å²) in [5, 5.41) is 0. The molecule has 0 unspecified atom stereocenters. The number of hydrogen-bond acceptors (Lipinski definition) is 3. The first kappa shape index (κ1) is 11.4. The highest BCUT2D eigenvalue weighted by Crippen LogP contribution is 2.29. The topological polar surface area (TPSA) is 48.1 Å². The SMILES string of the molecule is C[C@H](N)c1ccnc(OCCC2CCC2)c1. The summed E-state index contributed by atoms with van der Waals surface area (Å²) >= 11 is 0. The summed E-state index contributed by atoms with van der Waals surface area (Å²) in [6.45, 7) is 2.74. The van der Waals surface area contributed by atoms with Crippen LogP contribution in [-0.4, -0.2) is 11.6 Å². The molecule has 0 amide bonds. The van der Waals surface area contributed by atoms with Crippen molar-refractivity contribution in [3.8, 4) is 5.88 Å². The number of aromatic nitrogens is 1. The maximum Gasteiger partial charge on any atom is 0.213 e. The van der Waals surface area contributed by atoms with Crippen molar-refractivity contribution < 1.29 is 4.74 Å². The van der Waals surface area contributed by atoms with E-state index < -0.39 is 0 Å². The number of rotatable bonds is 5. The first-order valence-electron chi connectivity index (χ1n) is 6.10. The van der Waals surface area contributed by atoms with E-state index in [2.05, 4.69) is 4.98 Å². The summed E-state index contributed by atoms with van der Waals surface area (Å²) in [7, 11) is 0. The van der Waals surface area contributed by atoms with Gasteiger partial charge < -0.3 is 10.5 Å². The third-order valence-corrected chi connectivity index (χ3v) is 3.29. The molecule has 0 aliphatic heterocycles. The van der Waals surface area contributed by atoms with Crippen LogP contribution in [-0.2, 0) is 0 Å². The number of nitrogens with zero attached hydrogens (tertiary/aromatic N) is 1. The smallest absolute Gasteiger partial charge is 0.213 e. The molecule has 1 fully saturated rings. The van der Waals surface area contributed by atoms with Crippen molar-refractivity contribution in [3.63, 3.8) is 0 Å². The Labute approximate surface area is 97.0 Å². The molecule has 0 spiro atoms. The van der Waals surface area contributed by atoms with Crippen LogP contribution in [0.5, 0.6) is 5.88 Å². The summed E-state index contributed by atoms with van der Waals surface area (Å²) in [6.07, 6.45) is 7.05. The van der Waals surface area contributed by atoms with Gasteiger partial charge in [0.2, 0.25) is 5.88 Å². The van der Waals surface area contributed by atoms with Gasteiger partial charge in [0.05, 0.1) is 6.61 Å². The normalized spacial score (nSPS) is 17.9. The molecule has 2 N–H and O–H groups in total. The van der Waals surface area contributed by atoms with Gasteiger partial charge in [-0.05, 0) is 30.9 Å². The maximum atomic E-state index is 5.81. The van der Waals surface area contributed by atoms with Gasteiger partial charge in [0.15, 0.2) is 0 Å². The van der Waals surface area contributed by atoms with Gasteiger partial charge in [0.25, 0.3) is 0 Å². The van der Waals surface area contributed by atoms with Crippen LogP contribution in [0.15, 0.2) is 18.3 Å². The highest BCUT2D eigenvalue weighted by molar-refractivity contribution is 5.22. The van der Waals surface area contributed by atoms with Gasteiger partial charge in [-0.15, -0.1) is 0 Å². The molecule has 88 valence electrons. The number of ether oxygens (including phenoxy) is 1. The van der Waals surface area contributed by atoms with E-state index >= 15 is 0 Å². The molecule has 1 saturated carbocycles. The minimum Gasteiger partial charge on any atom is -0.478 e. The van der Waals surface area contributed by atoms with E-state index in [1.807, 2.05) is 19.1 Å². The van der Waals surface area contributed by atoms with Gasteiger partial charge in [-0.2, -0.15) is 0 Å². The van der Waals surface area contributed by atoms with Crippen molar-refractivity contribution in [3.05, 3.63) is 23.9 Å². The summed E-state index contributed by atoms with van der Waals surface area (Å²) in [6, 6.07) is 3.91. The van der Waals surface area contributed by atoms with E-state index in [4.69, 9.17) is 10.5 Å². The average molecular weight is 220 g/mol. The zero-order chi connectivity index (χ0) is 11.4. The molecule has 0 aromatic carbocycles. The lowest BCUT2D eigenvalue weighted by Crippen LogP contribution is -2.15. The van der Waals surface area contributed by atoms with Crippen LogP contribution in [0, 0.1) is 5.92 Å². The molecule has 1 aliphatic carbocycles. The third-order valence-electron chi connectivity index (χ3n) is 3.29. The second kappa shape index (κ2) is 5.30. The Morgan fingerprint density at radius 3 is 3.00 bits per heavy atom. The van der Waals surface area contributed by atoms with Gasteiger partial charge in [-0.1, -0.05) is 19.3 Å². The molecule has 3 nitrogen and oxygen atoms in total. The van der Waals surface area contributed by atoms with Crippen LogP contribution < -0.4 is 10.5 Å². The van der Waals surface area contributed by atoms with Crippen molar-refractivity contribution in [1.82, 2.24) is 4.98 Å². The lowest BCUT2D eigenvalue weighted by molar-refractivity contribution is 0.217. The fourth-order valence-corrected chi connectivity index (χ4v) is 1.90. The van der Waals surface area contributed by atoms with Gasteiger partial charge in [-0.3, -0.25) is 0 Å². The molecule has 0 bridgehead atoms. The standard InChI is InChI=1S/C13H20N2O/c1-10(14)12-5-7-15-13(9-12)16-8-6-11-3-2-4-11/h5,7,9-11H,2-4,6,8,14H2,1H3/t10-/m0/s1. The monoisotopic (exact) mass is 220 g/mol. The highest BCUT2D eigenvalue weighted by Gasteiger charge is 2.16. The highest BCUT2D eigenvalue weighted by atomic mass is 16.5. The largest absolute Gasteiger partial charge is 0.478 e. The molecule has 1 aliphatic rings. The van der Waals surface area contributed by atoms with Crippen LogP contribution in [0.4, 0.5) is 0 Å². The van der Waals surface area contributed by atoms with Gasteiger partial charge in [-0.25, -0.2) is 4.98 Å². The fraction of sp³-hybridized carbons (Fsp3) is 0.615. The summed E-state index contributed by atoms with van der Waals surface area (Å²) in [5.41, 5.74) is 6.88. The van der Waals surface area contributed by atoms with Crippen LogP contribution in [0.1, 0.15) is 44.2 Å². The Kier molecular flexibility index (Phi) is 3.78. The zero-order valence-electron chi connectivity index (χ0n) is 9.86. The molecule has 1 heterocycles. The molecular formula is C13H20N2O. The van der Waals surface area contributed by atoms with Gasteiger partial charge in [0, 0.05) is 18.3 Å². The molecule has 1 aromatic heterocycles. The first-order valence-corrected chi connectivity index (χ1v) is 6.10. The lowest BCUT2D eigenvalue weighted by Gasteiger charge is -2.24. The molecule has 0 radical (unpaired) electrons. The van der Waals surface area contributed by atoms with E-state index in [1.54, 1.807) is 6.20 Å². The van der Waals surface area contributed by atoms with Crippen molar-refractivity contribution in [2.75, 3.05) is 6.61 Å². The minimum atomic E-state index is 0.0389. The van der Waals surface area contributed by atoms with Crippen LogP contribution >= 0.6 is 0 Å². The Hall–Kier alpha value is -1.09. The summed E-state index contributed by atoms with van der Waals surface area (Å²) < 4.78 is 5.64. The summed E-state index contributed by atoms with van der Waals surface area (Å²) in [5.74, 6) is 1.59. The molecule has 3 heteroatoms. The Morgan fingerprint density at radius 2 is 2.38 bits per heavy atom. The van der Waals surface area contributed by atoms with E-state index in [0.717, 1.165) is 24.5 Å². The molecule has 1 atom stereocenters. The minimum absolute atomic E-state index is 0.0389. The number of pyridine rings is 1. The van der Waals surface area contributed by atoms with Crippen LogP contribution in [0.2, 0.25) is 0 Å². The zero-order valence-corrected chi connectivity index (χ0v) is 9.86. The van der Waals surface area contributed by atoms with Crippen LogP contribution in [0.3, 0.4) is 0 Å². The quantitative estimate of drug-likeness (QED) is 0.830. The Balaban J connectivity index is 1.81.